The number of ether oxygens (including phenoxy) is 2. The first-order chi connectivity index (χ1) is 9.67. The number of aliphatic hydroxyl groups excluding tert-OH is 1. The number of rotatable bonds is 5. The van der Waals surface area contributed by atoms with Crippen LogP contribution in [0.15, 0.2) is 36.4 Å². The lowest BCUT2D eigenvalue weighted by atomic mass is 10.1. The van der Waals surface area contributed by atoms with E-state index in [4.69, 9.17) is 26.2 Å². The predicted molar refractivity (Wildman–Crippen MR) is 79.8 cm³/mol. The molecule has 2 aromatic carbocycles. The highest BCUT2D eigenvalue weighted by Crippen LogP contribution is 2.36. The summed E-state index contributed by atoms with van der Waals surface area (Å²) in [6.45, 7) is 2.04. The summed E-state index contributed by atoms with van der Waals surface area (Å²) in [6.07, 6.45) is 0.933. The van der Waals surface area contributed by atoms with Crippen LogP contribution in [0.5, 0.6) is 17.2 Å². The summed E-state index contributed by atoms with van der Waals surface area (Å²) in [5.41, 5.74) is 1.92. The van der Waals surface area contributed by atoms with Gasteiger partial charge in [-0.3, -0.25) is 0 Å². The van der Waals surface area contributed by atoms with Gasteiger partial charge in [-0.05, 0) is 41.8 Å². The largest absolute Gasteiger partial charge is 0.493 e. The third-order valence-electron chi connectivity index (χ3n) is 3.04. The summed E-state index contributed by atoms with van der Waals surface area (Å²) in [7, 11) is 1.61. The molecule has 0 spiro atoms. The van der Waals surface area contributed by atoms with Gasteiger partial charge < -0.3 is 14.6 Å². The molecule has 0 saturated heterocycles. The molecule has 2 aromatic rings. The van der Waals surface area contributed by atoms with E-state index in [1.54, 1.807) is 25.3 Å². The highest BCUT2D eigenvalue weighted by Gasteiger charge is 2.09. The topological polar surface area (TPSA) is 38.7 Å². The molecule has 0 aliphatic carbocycles. The summed E-state index contributed by atoms with van der Waals surface area (Å²) < 4.78 is 11.1. The van der Waals surface area contributed by atoms with Crippen LogP contribution in [-0.4, -0.2) is 12.2 Å². The van der Waals surface area contributed by atoms with Crippen LogP contribution < -0.4 is 9.47 Å². The molecular weight excluding hydrogens is 276 g/mol. The predicted octanol–water partition coefficient (Wildman–Crippen LogP) is 4.20. The van der Waals surface area contributed by atoms with Gasteiger partial charge in [0.1, 0.15) is 5.75 Å². The molecule has 0 heterocycles. The smallest absolute Gasteiger partial charge is 0.169 e. The second kappa shape index (κ2) is 6.64. The van der Waals surface area contributed by atoms with Gasteiger partial charge in [-0.15, -0.1) is 0 Å². The van der Waals surface area contributed by atoms with E-state index >= 15 is 0 Å². The number of halogens is 1. The van der Waals surface area contributed by atoms with Gasteiger partial charge in [0.25, 0.3) is 0 Å². The van der Waals surface area contributed by atoms with Gasteiger partial charge in [-0.2, -0.15) is 0 Å². The highest BCUT2D eigenvalue weighted by atomic mass is 35.5. The van der Waals surface area contributed by atoms with Crippen LogP contribution in [0.4, 0.5) is 0 Å². The summed E-state index contributed by atoms with van der Waals surface area (Å²) in [5.74, 6) is 1.82. The molecular formula is C16H17ClO3. The van der Waals surface area contributed by atoms with Crippen LogP contribution in [0.2, 0.25) is 5.02 Å². The summed E-state index contributed by atoms with van der Waals surface area (Å²) in [4.78, 5) is 0. The van der Waals surface area contributed by atoms with E-state index in [1.807, 2.05) is 18.2 Å². The second-order valence-corrected chi connectivity index (χ2v) is 4.77. The van der Waals surface area contributed by atoms with Crippen molar-refractivity contribution in [3.8, 4) is 17.2 Å². The van der Waals surface area contributed by atoms with Crippen molar-refractivity contribution in [3.05, 3.63) is 52.5 Å². The van der Waals surface area contributed by atoms with Crippen LogP contribution in [0, 0.1) is 0 Å². The van der Waals surface area contributed by atoms with Crippen molar-refractivity contribution < 1.29 is 14.6 Å². The summed E-state index contributed by atoms with van der Waals surface area (Å²) in [6, 6.07) is 11.0. The van der Waals surface area contributed by atoms with Crippen LogP contribution in [-0.2, 0) is 13.0 Å². The van der Waals surface area contributed by atoms with Gasteiger partial charge >= 0.3 is 0 Å². The number of aryl methyl sites for hydroxylation is 1. The quantitative estimate of drug-likeness (QED) is 0.898. The first-order valence-corrected chi connectivity index (χ1v) is 6.79. The number of benzene rings is 2. The Kier molecular flexibility index (Phi) is 4.88. The van der Waals surface area contributed by atoms with Crippen molar-refractivity contribution in [1.29, 1.82) is 0 Å². The maximum absolute atomic E-state index is 9.06. The Bertz CT molecular complexity index is 596. The molecule has 3 nitrogen and oxygen atoms in total. The van der Waals surface area contributed by atoms with Crippen molar-refractivity contribution >= 4 is 11.6 Å². The molecule has 4 heteroatoms. The van der Waals surface area contributed by atoms with Crippen molar-refractivity contribution in [2.75, 3.05) is 7.11 Å². The second-order valence-electron chi connectivity index (χ2n) is 4.36. The lowest BCUT2D eigenvalue weighted by Gasteiger charge is -2.13. The number of hydrogen-bond acceptors (Lipinski definition) is 3. The average molecular weight is 293 g/mol. The van der Waals surface area contributed by atoms with E-state index in [2.05, 4.69) is 6.92 Å². The maximum Gasteiger partial charge on any atom is 0.169 e. The number of hydrogen-bond donors (Lipinski definition) is 1. The highest BCUT2D eigenvalue weighted by molar-refractivity contribution is 6.32. The Hall–Kier alpha value is -1.71. The van der Waals surface area contributed by atoms with Crippen molar-refractivity contribution in [2.45, 2.75) is 20.0 Å². The van der Waals surface area contributed by atoms with Gasteiger partial charge in [-0.25, -0.2) is 0 Å². The molecule has 0 unspecified atom stereocenters. The normalized spacial score (nSPS) is 10.4. The minimum Gasteiger partial charge on any atom is -0.493 e. The Labute approximate surface area is 123 Å². The van der Waals surface area contributed by atoms with Crippen molar-refractivity contribution in [2.24, 2.45) is 0 Å². The SMILES string of the molecule is CCc1ccc(Oc2ccc(CO)cc2Cl)c(OC)c1. The zero-order chi connectivity index (χ0) is 14.5. The van der Waals surface area contributed by atoms with Gasteiger partial charge in [0.15, 0.2) is 11.5 Å². The molecule has 2 rings (SSSR count). The van der Waals surface area contributed by atoms with Crippen LogP contribution in [0.25, 0.3) is 0 Å². The van der Waals surface area contributed by atoms with Crippen molar-refractivity contribution in [3.63, 3.8) is 0 Å². The van der Waals surface area contributed by atoms with E-state index in [-0.39, 0.29) is 6.61 Å². The molecule has 106 valence electrons. The van der Waals surface area contributed by atoms with Gasteiger partial charge in [0.2, 0.25) is 0 Å². The molecule has 20 heavy (non-hydrogen) atoms. The van der Waals surface area contributed by atoms with Gasteiger partial charge in [0.05, 0.1) is 18.7 Å². The molecule has 0 aliphatic rings. The Balaban J connectivity index is 2.29. The fourth-order valence-electron chi connectivity index (χ4n) is 1.86. The zero-order valence-electron chi connectivity index (χ0n) is 11.5. The molecule has 0 aliphatic heterocycles. The maximum atomic E-state index is 9.06. The molecule has 0 amide bonds. The molecule has 0 atom stereocenters. The van der Waals surface area contributed by atoms with E-state index in [9.17, 15) is 0 Å². The average Bonchev–Trinajstić information content (AvgIpc) is 2.49. The fraction of sp³-hybridized carbons (Fsp3) is 0.250. The van der Waals surface area contributed by atoms with E-state index in [0.29, 0.717) is 22.3 Å². The first-order valence-electron chi connectivity index (χ1n) is 6.42. The van der Waals surface area contributed by atoms with Crippen molar-refractivity contribution in [1.82, 2.24) is 0 Å². The zero-order valence-corrected chi connectivity index (χ0v) is 12.3. The van der Waals surface area contributed by atoms with E-state index in [0.717, 1.165) is 12.0 Å². The van der Waals surface area contributed by atoms with E-state index < -0.39 is 0 Å². The Morgan fingerprint density at radius 1 is 1.00 bits per heavy atom. The standard InChI is InChI=1S/C16H17ClO3/c1-3-11-4-7-15(16(9-11)19-2)20-14-6-5-12(10-18)8-13(14)17/h4-9,18H,3,10H2,1-2H3. The van der Waals surface area contributed by atoms with Crippen LogP contribution in [0.1, 0.15) is 18.1 Å². The van der Waals surface area contributed by atoms with E-state index in [1.165, 1.54) is 5.56 Å². The third kappa shape index (κ3) is 3.24. The molecule has 0 fully saturated rings. The molecule has 0 aromatic heterocycles. The minimum absolute atomic E-state index is 0.0471. The summed E-state index contributed by atoms with van der Waals surface area (Å²) >= 11 is 6.14. The summed E-state index contributed by atoms with van der Waals surface area (Å²) in [5, 5.41) is 9.52. The van der Waals surface area contributed by atoms with Gasteiger partial charge in [0, 0.05) is 0 Å². The molecule has 0 radical (unpaired) electrons. The van der Waals surface area contributed by atoms with Gasteiger partial charge in [-0.1, -0.05) is 30.7 Å². The van der Waals surface area contributed by atoms with Crippen LogP contribution >= 0.6 is 11.6 Å². The number of methoxy groups -OCH3 is 1. The number of aliphatic hydroxyl groups is 1. The van der Waals surface area contributed by atoms with Crippen LogP contribution in [0.3, 0.4) is 0 Å². The minimum atomic E-state index is -0.0471. The molecule has 0 bridgehead atoms. The lowest BCUT2D eigenvalue weighted by Crippen LogP contribution is -1.93. The third-order valence-corrected chi connectivity index (χ3v) is 3.33. The monoisotopic (exact) mass is 292 g/mol. The lowest BCUT2D eigenvalue weighted by molar-refractivity contribution is 0.281. The molecule has 1 N–H and O–H groups in total. The fourth-order valence-corrected chi connectivity index (χ4v) is 2.10. The molecule has 0 saturated carbocycles. The Morgan fingerprint density at radius 3 is 2.30 bits per heavy atom. The first kappa shape index (κ1) is 14.7. The Morgan fingerprint density at radius 2 is 1.70 bits per heavy atom.